The Morgan fingerprint density at radius 2 is 2.26 bits per heavy atom. The molecule has 1 saturated heterocycles. The monoisotopic (exact) mass is 326 g/mol. The predicted octanol–water partition coefficient (Wildman–Crippen LogP) is 3.49. The lowest BCUT2D eigenvalue weighted by molar-refractivity contribution is 0.183. The molecular weight excluding hydrogens is 304 g/mol. The van der Waals surface area contributed by atoms with Crippen molar-refractivity contribution in [1.29, 1.82) is 0 Å². The van der Waals surface area contributed by atoms with E-state index in [4.69, 9.17) is 4.74 Å². The molecule has 0 aromatic heterocycles. The largest absolute Gasteiger partial charge is 0.382 e. The number of nitrogens with one attached hydrogen (secondary N) is 1. The fourth-order valence-electron chi connectivity index (χ4n) is 2.63. The third-order valence-electron chi connectivity index (χ3n) is 3.98. The van der Waals surface area contributed by atoms with Gasteiger partial charge in [0.15, 0.2) is 0 Å². The number of ether oxygens (including phenoxy) is 1. The molecule has 2 atom stereocenters. The van der Waals surface area contributed by atoms with Crippen LogP contribution in [0.1, 0.15) is 25.3 Å². The molecule has 1 aromatic carbocycles. The molecule has 1 N–H and O–H groups in total. The van der Waals surface area contributed by atoms with Crippen LogP contribution in [-0.2, 0) is 11.3 Å². The minimum Gasteiger partial charge on any atom is -0.382 e. The Balaban J connectivity index is 2.08. The summed E-state index contributed by atoms with van der Waals surface area (Å²) in [5, 5.41) is 3.69. The Morgan fingerprint density at radius 3 is 2.95 bits per heavy atom. The summed E-state index contributed by atoms with van der Waals surface area (Å²) in [6, 6.07) is 7.48. The van der Waals surface area contributed by atoms with E-state index in [0.29, 0.717) is 18.7 Å². The zero-order chi connectivity index (χ0) is 13.8. The lowest BCUT2D eigenvalue weighted by Gasteiger charge is -2.36. The van der Waals surface area contributed by atoms with Crippen molar-refractivity contribution in [3.8, 4) is 0 Å². The van der Waals surface area contributed by atoms with E-state index in [-0.39, 0.29) is 0 Å². The maximum absolute atomic E-state index is 5.30. The summed E-state index contributed by atoms with van der Waals surface area (Å²) in [5.74, 6) is 0. The van der Waals surface area contributed by atoms with E-state index in [1.807, 2.05) is 0 Å². The van der Waals surface area contributed by atoms with E-state index in [1.54, 1.807) is 7.11 Å². The number of nitrogens with zero attached hydrogens (tertiary/aromatic N) is 1. The Labute approximate surface area is 124 Å². The summed E-state index contributed by atoms with van der Waals surface area (Å²) in [7, 11) is 3.94. The van der Waals surface area contributed by atoms with Crippen LogP contribution in [0.5, 0.6) is 0 Å². The third-order valence-corrected chi connectivity index (χ3v) is 4.72. The van der Waals surface area contributed by atoms with Gasteiger partial charge in [-0.25, -0.2) is 0 Å². The van der Waals surface area contributed by atoms with Crippen LogP contribution in [-0.4, -0.2) is 37.7 Å². The van der Waals surface area contributed by atoms with Gasteiger partial charge < -0.3 is 15.0 Å². The number of rotatable bonds is 4. The summed E-state index contributed by atoms with van der Waals surface area (Å²) >= 11 is 3.61. The highest BCUT2D eigenvalue weighted by Gasteiger charge is 2.23. The van der Waals surface area contributed by atoms with Crippen molar-refractivity contribution >= 4 is 21.6 Å². The second-order valence-electron chi connectivity index (χ2n) is 5.39. The van der Waals surface area contributed by atoms with Gasteiger partial charge >= 0.3 is 0 Å². The lowest BCUT2D eigenvalue weighted by atomic mass is 9.98. The molecule has 1 aliphatic rings. The molecule has 0 spiro atoms. The minimum atomic E-state index is 0.552. The first-order valence-electron chi connectivity index (χ1n) is 6.85. The van der Waals surface area contributed by atoms with Gasteiger partial charge in [-0.3, -0.25) is 0 Å². The Bertz CT molecular complexity index is 425. The van der Waals surface area contributed by atoms with Gasteiger partial charge in [-0.05, 0) is 38.9 Å². The topological polar surface area (TPSA) is 24.5 Å². The first-order chi connectivity index (χ1) is 9.11. The molecule has 2 unspecified atom stereocenters. The van der Waals surface area contributed by atoms with Gasteiger partial charge in [0.05, 0.1) is 6.61 Å². The second kappa shape index (κ2) is 6.73. The molecule has 4 heteroatoms. The molecule has 19 heavy (non-hydrogen) atoms. The summed E-state index contributed by atoms with van der Waals surface area (Å²) in [4.78, 5) is 2.43. The smallest absolute Gasteiger partial charge is 0.0744 e. The van der Waals surface area contributed by atoms with Crippen LogP contribution in [0.15, 0.2) is 22.7 Å². The van der Waals surface area contributed by atoms with Gasteiger partial charge in [-0.1, -0.05) is 22.0 Å². The molecular formula is C15H23BrN2O. The van der Waals surface area contributed by atoms with Crippen LogP contribution in [0.3, 0.4) is 0 Å². The first kappa shape index (κ1) is 14.8. The fourth-order valence-corrected chi connectivity index (χ4v) is 3.11. The zero-order valence-electron chi connectivity index (χ0n) is 11.9. The molecule has 0 bridgehead atoms. The number of piperidine rings is 1. The molecule has 1 fully saturated rings. The number of anilines is 1. The van der Waals surface area contributed by atoms with Crippen LogP contribution in [0.25, 0.3) is 0 Å². The highest BCUT2D eigenvalue weighted by atomic mass is 79.9. The van der Waals surface area contributed by atoms with E-state index < -0.39 is 0 Å². The standard InChI is InChI=1S/C15H23BrN2O/c1-11-9-12(7-8-18(11)2)17-15-6-4-5-14(16)13(15)10-19-3/h4-6,11-12,17H,7-10H2,1-3H3. The Morgan fingerprint density at radius 1 is 1.47 bits per heavy atom. The second-order valence-corrected chi connectivity index (χ2v) is 6.25. The molecule has 1 aliphatic heterocycles. The van der Waals surface area contributed by atoms with E-state index in [1.165, 1.54) is 24.1 Å². The summed E-state index contributed by atoms with van der Waals surface area (Å²) in [6.45, 7) is 4.09. The minimum absolute atomic E-state index is 0.552. The van der Waals surface area contributed by atoms with E-state index in [0.717, 1.165) is 11.0 Å². The highest BCUT2D eigenvalue weighted by molar-refractivity contribution is 9.10. The van der Waals surface area contributed by atoms with Crippen LogP contribution in [0.2, 0.25) is 0 Å². The molecule has 2 rings (SSSR count). The van der Waals surface area contributed by atoms with Crippen molar-refractivity contribution in [3.63, 3.8) is 0 Å². The van der Waals surface area contributed by atoms with Crippen molar-refractivity contribution in [2.45, 2.75) is 38.5 Å². The van der Waals surface area contributed by atoms with Crippen LogP contribution >= 0.6 is 15.9 Å². The molecule has 0 saturated carbocycles. The van der Waals surface area contributed by atoms with Gasteiger partial charge in [0.2, 0.25) is 0 Å². The molecule has 1 aromatic rings. The Hall–Kier alpha value is -0.580. The number of methoxy groups -OCH3 is 1. The highest BCUT2D eigenvalue weighted by Crippen LogP contribution is 2.28. The fraction of sp³-hybridized carbons (Fsp3) is 0.600. The van der Waals surface area contributed by atoms with Gasteiger partial charge in [0, 0.05) is 41.5 Å². The Kier molecular flexibility index (Phi) is 5.25. The SMILES string of the molecule is COCc1c(Br)cccc1NC1CCN(C)C(C)C1. The van der Waals surface area contributed by atoms with Crippen LogP contribution in [0, 0.1) is 0 Å². The van der Waals surface area contributed by atoms with Gasteiger partial charge in [-0.2, -0.15) is 0 Å². The van der Waals surface area contributed by atoms with E-state index in [2.05, 4.69) is 58.3 Å². The number of hydrogen-bond donors (Lipinski definition) is 1. The summed E-state index contributed by atoms with van der Waals surface area (Å²) in [6.07, 6.45) is 2.38. The summed E-state index contributed by atoms with van der Waals surface area (Å²) in [5.41, 5.74) is 2.40. The molecule has 0 amide bonds. The molecule has 1 heterocycles. The van der Waals surface area contributed by atoms with Gasteiger partial charge in [0.1, 0.15) is 0 Å². The summed E-state index contributed by atoms with van der Waals surface area (Å²) < 4.78 is 6.41. The van der Waals surface area contributed by atoms with Gasteiger partial charge in [-0.15, -0.1) is 0 Å². The average Bonchev–Trinajstić information content (AvgIpc) is 2.38. The van der Waals surface area contributed by atoms with E-state index in [9.17, 15) is 0 Å². The van der Waals surface area contributed by atoms with Gasteiger partial charge in [0.25, 0.3) is 0 Å². The van der Waals surface area contributed by atoms with Crippen molar-refractivity contribution in [1.82, 2.24) is 4.90 Å². The van der Waals surface area contributed by atoms with E-state index >= 15 is 0 Å². The quantitative estimate of drug-likeness (QED) is 0.916. The maximum atomic E-state index is 5.30. The van der Waals surface area contributed by atoms with Crippen molar-refractivity contribution < 1.29 is 4.74 Å². The first-order valence-corrected chi connectivity index (χ1v) is 7.64. The van der Waals surface area contributed by atoms with Crippen LogP contribution in [0.4, 0.5) is 5.69 Å². The maximum Gasteiger partial charge on any atom is 0.0744 e. The molecule has 106 valence electrons. The molecule has 0 aliphatic carbocycles. The molecule has 3 nitrogen and oxygen atoms in total. The third kappa shape index (κ3) is 3.71. The number of likely N-dealkylation sites (tertiary alicyclic amines) is 1. The van der Waals surface area contributed by atoms with Crippen molar-refractivity contribution in [2.24, 2.45) is 0 Å². The predicted molar refractivity (Wildman–Crippen MR) is 83.6 cm³/mol. The zero-order valence-corrected chi connectivity index (χ0v) is 13.5. The average molecular weight is 327 g/mol. The lowest BCUT2D eigenvalue weighted by Crippen LogP contribution is -2.42. The number of halogens is 1. The normalized spacial score (nSPS) is 24.4. The van der Waals surface area contributed by atoms with Crippen LogP contribution < -0.4 is 5.32 Å². The van der Waals surface area contributed by atoms with Crippen molar-refractivity contribution in [2.75, 3.05) is 26.0 Å². The number of hydrogen-bond acceptors (Lipinski definition) is 3. The van der Waals surface area contributed by atoms with Crippen molar-refractivity contribution in [3.05, 3.63) is 28.2 Å². The molecule has 0 radical (unpaired) electrons. The number of benzene rings is 1.